The number of carboxylic acid groups (broad SMARTS) is 1. The number of carboxylic acids is 1. The first kappa shape index (κ1) is 14.1. The van der Waals surface area contributed by atoms with Crippen LogP contribution >= 0.6 is 0 Å². The molecule has 2 rings (SSSR count). The van der Waals surface area contributed by atoms with E-state index in [1.165, 1.54) is 0 Å². The first-order valence-electron chi connectivity index (χ1n) is 6.49. The molecule has 0 unspecified atom stereocenters. The maximum atomic E-state index is 12.3. The molecule has 1 heterocycles. The van der Waals surface area contributed by atoms with Gasteiger partial charge in [-0.1, -0.05) is 19.9 Å². The Morgan fingerprint density at radius 2 is 1.95 bits per heavy atom. The Bertz CT molecular complexity index is 658. The maximum Gasteiger partial charge on any atom is 0.326 e. The largest absolute Gasteiger partial charge is 0.480 e. The van der Waals surface area contributed by atoms with Gasteiger partial charge >= 0.3 is 5.97 Å². The number of hydrogen-bond donors (Lipinski definition) is 2. The highest BCUT2D eigenvalue weighted by Gasteiger charge is 2.24. The predicted molar refractivity (Wildman–Crippen MR) is 76.6 cm³/mol. The van der Waals surface area contributed by atoms with Crippen LogP contribution in [0, 0.1) is 5.92 Å². The van der Waals surface area contributed by atoms with Crippen LogP contribution in [0.1, 0.15) is 24.2 Å². The second-order valence-electron chi connectivity index (χ2n) is 5.20. The van der Waals surface area contributed by atoms with E-state index in [2.05, 4.69) is 5.32 Å². The molecule has 0 fully saturated rings. The third kappa shape index (κ3) is 2.52. The van der Waals surface area contributed by atoms with Gasteiger partial charge in [0.05, 0.1) is 0 Å². The van der Waals surface area contributed by atoms with Gasteiger partial charge in [0.25, 0.3) is 5.91 Å². The molecule has 0 aliphatic heterocycles. The van der Waals surface area contributed by atoms with E-state index in [9.17, 15) is 9.59 Å². The second kappa shape index (κ2) is 5.36. The van der Waals surface area contributed by atoms with Crippen LogP contribution in [0.2, 0.25) is 0 Å². The predicted octanol–water partition coefficient (Wildman–Crippen LogP) is 2.02. The van der Waals surface area contributed by atoms with Crippen molar-refractivity contribution in [1.29, 1.82) is 0 Å². The molecule has 1 aromatic heterocycles. The highest BCUT2D eigenvalue weighted by molar-refractivity contribution is 6.07. The van der Waals surface area contributed by atoms with Crippen LogP contribution in [-0.2, 0) is 11.8 Å². The van der Waals surface area contributed by atoms with E-state index in [0.717, 1.165) is 10.9 Å². The van der Waals surface area contributed by atoms with Gasteiger partial charge in [0.1, 0.15) is 6.04 Å². The van der Waals surface area contributed by atoms with Crippen molar-refractivity contribution < 1.29 is 14.7 Å². The van der Waals surface area contributed by atoms with E-state index in [0.29, 0.717) is 5.56 Å². The van der Waals surface area contributed by atoms with Gasteiger partial charge in [-0.25, -0.2) is 4.79 Å². The Kier molecular flexibility index (Phi) is 3.79. The lowest BCUT2D eigenvalue weighted by Crippen LogP contribution is -2.44. The smallest absolute Gasteiger partial charge is 0.326 e. The molecule has 2 aromatic rings. The van der Waals surface area contributed by atoms with Crippen LogP contribution in [-0.4, -0.2) is 27.6 Å². The standard InChI is InChI=1S/C15H18N2O3/c1-9(2)13(15(19)20)16-14(18)11-5-4-6-12-10(11)7-8-17(12)3/h4-9,13H,1-3H3,(H,16,18)(H,19,20)/t13-/m0/s1. The summed E-state index contributed by atoms with van der Waals surface area (Å²) < 4.78 is 1.92. The van der Waals surface area contributed by atoms with E-state index in [-0.39, 0.29) is 11.8 Å². The monoisotopic (exact) mass is 274 g/mol. The zero-order chi connectivity index (χ0) is 14.9. The Morgan fingerprint density at radius 1 is 1.25 bits per heavy atom. The van der Waals surface area contributed by atoms with Crippen molar-refractivity contribution in [3.8, 4) is 0 Å². The summed E-state index contributed by atoms with van der Waals surface area (Å²) in [7, 11) is 1.90. The zero-order valence-corrected chi connectivity index (χ0v) is 11.8. The number of fused-ring (bicyclic) bond motifs is 1. The number of aromatic nitrogens is 1. The molecule has 0 saturated carbocycles. The average molecular weight is 274 g/mol. The molecule has 0 saturated heterocycles. The van der Waals surface area contributed by atoms with Gasteiger partial charge < -0.3 is 15.0 Å². The fourth-order valence-electron chi connectivity index (χ4n) is 2.23. The molecular formula is C15H18N2O3. The molecule has 0 spiro atoms. The molecule has 5 nitrogen and oxygen atoms in total. The molecule has 2 N–H and O–H groups in total. The van der Waals surface area contributed by atoms with Crippen molar-refractivity contribution in [2.45, 2.75) is 19.9 Å². The quantitative estimate of drug-likeness (QED) is 0.896. The summed E-state index contributed by atoms with van der Waals surface area (Å²) in [6.45, 7) is 3.53. The third-order valence-electron chi connectivity index (χ3n) is 3.39. The number of nitrogens with one attached hydrogen (secondary N) is 1. The van der Waals surface area contributed by atoms with Crippen molar-refractivity contribution in [3.63, 3.8) is 0 Å². The molecular weight excluding hydrogens is 256 g/mol. The molecule has 0 bridgehead atoms. The number of carbonyl (C=O) groups is 2. The number of rotatable bonds is 4. The number of hydrogen-bond acceptors (Lipinski definition) is 2. The number of aliphatic carboxylic acids is 1. The van der Waals surface area contributed by atoms with Crippen LogP contribution in [0.3, 0.4) is 0 Å². The van der Waals surface area contributed by atoms with Crippen LogP contribution < -0.4 is 5.32 Å². The van der Waals surface area contributed by atoms with Crippen LogP contribution in [0.25, 0.3) is 10.9 Å². The summed E-state index contributed by atoms with van der Waals surface area (Å²) in [5.41, 5.74) is 1.43. The van der Waals surface area contributed by atoms with Gasteiger partial charge in [-0.3, -0.25) is 4.79 Å². The van der Waals surface area contributed by atoms with Crippen molar-refractivity contribution in [2.24, 2.45) is 13.0 Å². The second-order valence-corrected chi connectivity index (χ2v) is 5.20. The summed E-state index contributed by atoms with van der Waals surface area (Å²) >= 11 is 0. The normalized spacial score (nSPS) is 12.6. The summed E-state index contributed by atoms with van der Waals surface area (Å²) in [5, 5.41) is 12.5. The van der Waals surface area contributed by atoms with Crippen molar-refractivity contribution >= 4 is 22.8 Å². The first-order valence-corrected chi connectivity index (χ1v) is 6.49. The van der Waals surface area contributed by atoms with E-state index in [1.807, 2.05) is 29.9 Å². The van der Waals surface area contributed by atoms with Crippen molar-refractivity contribution in [1.82, 2.24) is 9.88 Å². The van der Waals surface area contributed by atoms with Gasteiger partial charge in [-0.05, 0) is 24.1 Å². The van der Waals surface area contributed by atoms with Crippen LogP contribution in [0.4, 0.5) is 0 Å². The molecule has 5 heteroatoms. The lowest BCUT2D eigenvalue weighted by atomic mass is 10.0. The van der Waals surface area contributed by atoms with E-state index in [4.69, 9.17) is 5.11 Å². The molecule has 1 amide bonds. The lowest BCUT2D eigenvalue weighted by molar-refractivity contribution is -0.140. The van der Waals surface area contributed by atoms with Crippen molar-refractivity contribution in [3.05, 3.63) is 36.0 Å². The van der Waals surface area contributed by atoms with Gasteiger partial charge in [0.15, 0.2) is 0 Å². The SMILES string of the molecule is CC(C)[C@H](NC(=O)c1cccc2c1ccn2C)C(=O)O. The molecule has 0 radical (unpaired) electrons. The molecule has 1 atom stereocenters. The Balaban J connectivity index is 2.34. The molecule has 0 aliphatic carbocycles. The summed E-state index contributed by atoms with van der Waals surface area (Å²) in [6.07, 6.45) is 1.87. The van der Waals surface area contributed by atoms with Crippen LogP contribution in [0.5, 0.6) is 0 Å². The highest BCUT2D eigenvalue weighted by Crippen LogP contribution is 2.19. The number of carbonyl (C=O) groups excluding carboxylic acids is 1. The van der Waals surface area contributed by atoms with Crippen molar-refractivity contribution in [2.75, 3.05) is 0 Å². The summed E-state index contributed by atoms with van der Waals surface area (Å²) in [6, 6.07) is 6.39. The van der Waals surface area contributed by atoms with E-state index >= 15 is 0 Å². The number of benzene rings is 1. The minimum absolute atomic E-state index is 0.175. The Morgan fingerprint density at radius 3 is 2.55 bits per heavy atom. The van der Waals surface area contributed by atoms with Crippen LogP contribution in [0.15, 0.2) is 30.5 Å². The number of nitrogens with zero attached hydrogens (tertiary/aromatic N) is 1. The fraction of sp³-hybridized carbons (Fsp3) is 0.333. The minimum atomic E-state index is -1.02. The molecule has 106 valence electrons. The van der Waals surface area contributed by atoms with Gasteiger partial charge in [-0.15, -0.1) is 0 Å². The maximum absolute atomic E-state index is 12.3. The van der Waals surface area contributed by atoms with Gasteiger partial charge in [0, 0.05) is 29.7 Å². The zero-order valence-electron chi connectivity index (χ0n) is 11.8. The third-order valence-corrected chi connectivity index (χ3v) is 3.39. The topological polar surface area (TPSA) is 71.3 Å². The molecule has 0 aliphatic rings. The van der Waals surface area contributed by atoms with Gasteiger partial charge in [0.2, 0.25) is 0 Å². The molecule has 20 heavy (non-hydrogen) atoms. The average Bonchev–Trinajstić information content (AvgIpc) is 2.77. The van der Waals surface area contributed by atoms with Gasteiger partial charge in [-0.2, -0.15) is 0 Å². The Labute approximate surface area is 117 Å². The summed E-state index contributed by atoms with van der Waals surface area (Å²) in [4.78, 5) is 23.5. The van der Waals surface area contributed by atoms with E-state index in [1.54, 1.807) is 26.0 Å². The van der Waals surface area contributed by atoms with E-state index < -0.39 is 12.0 Å². The Hall–Kier alpha value is -2.30. The summed E-state index contributed by atoms with van der Waals surface area (Å²) in [5.74, 6) is -1.55. The number of aryl methyl sites for hydroxylation is 1. The lowest BCUT2D eigenvalue weighted by Gasteiger charge is -2.18. The number of amides is 1. The molecule has 1 aromatic carbocycles. The minimum Gasteiger partial charge on any atom is -0.480 e. The highest BCUT2D eigenvalue weighted by atomic mass is 16.4. The first-order chi connectivity index (χ1) is 9.41. The fourth-order valence-corrected chi connectivity index (χ4v) is 2.23.